The van der Waals surface area contributed by atoms with Crippen LogP contribution in [0, 0.1) is 0 Å². The quantitative estimate of drug-likeness (QED) is 0.415. The Kier molecular flexibility index (Phi) is 4.65. The average Bonchev–Trinajstić information content (AvgIpc) is 2.89. The van der Waals surface area contributed by atoms with E-state index >= 15 is 0 Å². The van der Waals surface area contributed by atoms with E-state index in [0.29, 0.717) is 12.8 Å². The van der Waals surface area contributed by atoms with E-state index < -0.39 is 6.04 Å². The zero-order chi connectivity index (χ0) is 14.5. The highest BCUT2D eigenvalue weighted by atomic mass is 32.1. The summed E-state index contributed by atoms with van der Waals surface area (Å²) >= 11 is 1.58. The Balaban J connectivity index is 2.24. The minimum absolute atomic E-state index is 0.0213. The number of rotatable bonds is 6. The molecule has 1 aromatic heterocycles. The van der Waals surface area contributed by atoms with E-state index in [9.17, 15) is 4.79 Å². The van der Waals surface area contributed by atoms with Crippen molar-refractivity contribution in [2.75, 3.05) is 0 Å². The van der Waals surface area contributed by atoms with Crippen molar-refractivity contribution in [3.8, 4) is 0 Å². The Morgan fingerprint density at radius 2 is 2.20 bits per heavy atom. The maximum absolute atomic E-state index is 10.6. The van der Waals surface area contributed by atoms with Crippen molar-refractivity contribution >= 4 is 33.8 Å². The third-order valence-corrected chi connectivity index (χ3v) is 3.80. The van der Waals surface area contributed by atoms with E-state index in [1.165, 1.54) is 0 Å². The monoisotopic (exact) mass is 291 g/mol. The summed E-state index contributed by atoms with van der Waals surface area (Å²) in [7, 11) is 0. The third-order valence-electron chi connectivity index (χ3n) is 2.99. The van der Waals surface area contributed by atoms with Crippen LogP contribution in [0.4, 0.5) is 0 Å². The van der Waals surface area contributed by atoms with Gasteiger partial charge in [-0.05, 0) is 30.5 Å². The van der Waals surface area contributed by atoms with Crippen LogP contribution in [0.1, 0.15) is 24.4 Å². The van der Waals surface area contributed by atoms with E-state index in [1.807, 2.05) is 18.2 Å². The lowest BCUT2D eigenvalue weighted by Gasteiger charge is -2.14. The normalized spacial score (nSPS) is 13.8. The second kappa shape index (κ2) is 6.44. The van der Waals surface area contributed by atoms with Crippen molar-refractivity contribution in [1.29, 1.82) is 0 Å². The number of carbonyl (C=O) groups excluding carboxylic acids is 1. The van der Waals surface area contributed by atoms with Gasteiger partial charge in [-0.1, -0.05) is 6.07 Å². The van der Waals surface area contributed by atoms with Crippen LogP contribution in [0.2, 0.25) is 0 Å². The van der Waals surface area contributed by atoms with E-state index in [2.05, 4.69) is 9.98 Å². The topological polar surface area (TPSA) is 120 Å². The number of benzene rings is 1. The smallest absolute Gasteiger partial charge is 0.186 e. The molecule has 0 saturated heterocycles. The van der Waals surface area contributed by atoms with Crippen molar-refractivity contribution in [2.45, 2.75) is 24.9 Å². The van der Waals surface area contributed by atoms with Gasteiger partial charge < -0.3 is 22.0 Å². The molecule has 0 aliphatic rings. The molecule has 20 heavy (non-hydrogen) atoms. The Hall–Kier alpha value is -1.99. The minimum atomic E-state index is -0.491. The van der Waals surface area contributed by atoms with Crippen molar-refractivity contribution in [2.24, 2.45) is 22.2 Å². The number of aldehydes is 1. The second-order valence-electron chi connectivity index (χ2n) is 4.53. The molecular formula is C13H17N5OS. The lowest BCUT2D eigenvalue weighted by Crippen LogP contribution is -2.25. The summed E-state index contributed by atoms with van der Waals surface area (Å²) in [6.07, 6.45) is 1.86. The molecule has 6 nitrogen and oxygen atoms in total. The molecule has 0 fully saturated rings. The van der Waals surface area contributed by atoms with E-state index in [-0.39, 0.29) is 12.0 Å². The van der Waals surface area contributed by atoms with Crippen LogP contribution in [0.3, 0.4) is 0 Å². The summed E-state index contributed by atoms with van der Waals surface area (Å²) in [5, 5.41) is 0. The van der Waals surface area contributed by atoms with Crippen molar-refractivity contribution in [3.05, 3.63) is 29.3 Å². The van der Waals surface area contributed by atoms with Gasteiger partial charge in [-0.15, -0.1) is 11.3 Å². The lowest BCUT2D eigenvalue weighted by atomic mass is 10.00. The molecule has 0 radical (unpaired) electrons. The van der Waals surface area contributed by atoms with Gasteiger partial charge in [0.25, 0.3) is 0 Å². The first kappa shape index (κ1) is 14.4. The maximum atomic E-state index is 10.6. The molecule has 7 heteroatoms. The molecule has 2 unspecified atom stereocenters. The van der Waals surface area contributed by atoms with Crippen molar-refractivity contribution < 1.29 is 4.79 Å². The van der Waals surface area contributed by atoms with Gasteiger partial charge in [-0.2, -0.15) is 0 Å². The fourth-order valence-electron chi connectivity index (χ4n) is 1.99. The molecule has 106 valence electrons. The van der Waals surface area contributed by atoms with Crippen LogP contribution < -0.4 is 17.2 Å². The molecule has 6 N–H and O–H groups in total. The second-order valence-corrected chi connectivity index (χ2v) is 5.41. The maximum Gasteiger partial charge on any atom is 0.186 e. The average molecular weight is 291 g/mol. The number of nitrogens with zero attached hydrogens (tertiary/aromatic N) is 2. The van der Waals surface area contributed by atoms with Gasteiger partial charge in [0.2, 0.25) is 0 Å². The Morgan fingerprint density at radius 1 is 1.40 bits per heavy atom. The molecular weight excluding hydrogens is 274 g/mol. The molecule has 2 rings (SSSR count). The van der Waals surface area contributed by atoms with Gasteiger partial charge in [0, 0.05) is 0 Å². The molecule has 0 amide bonds. The van der Waals surface area contributed by atoms with E-state index in [0.717, 1.165) is 22.1 Å². The standard InChI is InChI=1S/C13H17N5OS/c14-9(6-19)2-3-10(18-13(15)16)8-1-4-12-11(5-8)17-7-20-12/h1,4-7,9-10H,2-3,14H2,(H4,15,16,18). The summed E-state index contributed by atoms with van der Waals surface area (Å²) in [5.74, 6) is 0.0213. The number of aromatic nitrogens is 1. The van der Waals surface area contributed by atoms with Crippen molar-refractivity contribution in [3.63, 3.8) is 0 Å². The molecule has 0 spiro atoms. The molecule has 2 atom stereocenters. The summed E-state index contributed by atoms with van der Waals surface area (Å²) in [6, 6.07) is 5.24. The minimum Gasteiger partial charge on any atom is -0.370 e. The number of fused-ring (bicyclic) bond motifs is 1. The highest BCUT2D eigenvalue weighted by Crippen LogP contribution is 2.27. The van der Waals surface area contributed by atoms with Gasteiger partial charge in [-0.3, -0.25) is 0 Å². The fraction of sp³-hybridized carbons (Fsp3) is 0.308. The predicted molar refractivity (Wildman–Crippen MR) is 81.4 cm³/mol. The van der Waals surface area contributed by atoms with Crippen molar-refractivity contribution in [1.82, 2.24) is 4.98 Å². The third kappa shape index (κ3) is 3.52. The molecule has 1 heterocycles. The van der Waals surface area contributed by atoms with Gasteiger partial charge in [-0.25, -0.2) is 9.98 Å². The highest BCUT2D eigenvalue weighted by Gasteiger charge is 2.14. The van der Waals surface area contributed by atoms with Crippen LogP contribution in [0.5, 0.6) is 0 Å². The molecule has 0 saturated carbocycles. The number of nitrogens with two attached hydrogens (primary N) is 3. The van der Waals surface area contributed by atoms with Gasteiger partial charge >= 0.3 is 0 Å². The predicted octanol–water partition coefficient (Wildman–Crippen LogP) is 0.917. The number of carbonyl (C=O) groups is 1. The van der Waals surface area contributed by atoms with Crippen LogP contribution in [0.25, 0.3) is 10.2 Å². The molecule has 2 aromatic rings. The van der Waals surface area contributed by atoms with E-state index in [4.69, 9.17) is 17.2 Å². The Labute approximate surface area is 120 Å². The highest BCUT2D eigenvalue weighted by molar-refractivity contribution is 7.16. The SMILES string of the molecule is NC(N)=NC(CCC(N)C=O)c1ccc2scnc2c1. The molecule has 0 bridgehead atoms. The fourth-order valence-corrected chi connectivity index (χ4v) is 2.65. The summed E-state index contributed by atoms with van der Waals surface area (Å²) in [5.41, 5.74) is 20.3. The number of aliphatic imine (C=N–C) groups is 1. The van der Waals surface area contributed by atoms with Gasteiger partial charge in [0.15, 0.2) is 5.96 Å². The summed E-state index contributed by atoms with van der Waals surface area (Å²) in [6.45, 7) is 0. The van der Waals surface area contributed by atoms with Crippen LogP contribution in [-0.2, 0) is 4.79 Å². The molecule has 0 aliphatic carbocycles. The Bertz CT molecular complexity index is 620. The summed E-state index contributed by atoms with van der Waals surface area (Å²) in [4.78, 5) is 19.1. The first-order chi connectivity index (χ1) is 9.60. The number of thiazole rings is 1. The van der Waals surface area contributed by atoms with Gasteiger partial charge in [0.05, 0.1) is 27.8 Å². The van der Waals surface area contributed by atoms with Gasteiger partial charge in [0.1, 0.15) is 6.29 Å². The zero-order valence-corrected chi connectivity index (χ0v) is 11.7. The summed E-state index contributed by atoms with van der Waals surface area (Å²) < 4.78 is 1.11. The number of hydrogen-bond acceptors (Lipinski definition) is 5. The first-order valence-corrected chi connectivity index (χ1v) is 7.11. The first-order valence-electron chi connectivity index (χ1n) is 6.23. The lowest BCUT2D eigenvalue weighted by molar-refractivity contribution is -0.109. The molecule has 0 aliphatic heterocycles. The largest absolute Gasteiger partial charge is 0.370 e. The van der Waals surface area contributed by atoms with E-state index in [1.54, 1.807) is 16.8 Å². The number of hydrogen-bond donors (Lipinski definition) is 3. The Morgan fingerprint density at radius 3 is 2.90 bits per heavy atom. The molecule has 1 aromatic carbocycles. The van der Waals surface area contributed by atoms with Crippen LogP contribution in [0.15, 0.2) is 28.7 Å². The van der Waals surface area contributed by atoms with Crippen LogP contribution in [-0.4, -0.2) is 23.3 Å². The van der Waals surface area contributed by atoms with Crippen LogP contribution >= 0.6 is 11.3 Å². The zero-order valence-electron chi connectivity index (χ0n) is 10.9. The number of guanidine groups is 1.